The van der Waals surface area contributed by atoms with E-state index in [0.29, 0.717) is 42.9 Å². The maximum Gasteiger partial charge on any atom is 0.251 e. The molecule has 0 unspecified atom stereocenters. The van der Waals surface area contributed by atoms with Crippen LogP contribution in [0.25, 0.3) is 0 Å². The van der Waals surface area contributed by atoms with Gasteiger partial charge in [0.25, 0.3) is 5.91 Å². The maximum atomic E-state index is 12.5. The Hall–Kier alpha value is -2.04. The molecule has 1 aliphatic rings. The summed E-state index contributed by atoms with van der Waals surface area (Å²) >= 11 is 5.14. The number of hydrogen-bond acceptors (Lipinski definition) is 5. The maximum absolute atomic E-state index is 12.5. The van der Waals surface area contributed by atoms with Crippen LogP contribution in [0.4, 0.5) is 0 Å². The van der Waals surface area contributed by atoms with Crippen LogP contribution >= 0.6 is 12.2 Å². The lowest BCUT2D eigenvalue weighted by atomic mass is 10.2. The molecule has 1 aromatic heterocycles. The van der Waals surface area contributed by atoms with E-state index in [1.165, 1.54) is 16.4 Å². The zero-order valence-electron chi connectivity index (χ0n) is 15.1. The van der Waals surface area contributed by atoms with Crippen LogP contribution in [-0.4, -0.2) is 53.0 Å². The van der Waals surface area contributed by atoms with E-state index in [0.717, 1.165) is 18.7 Å². The van der Waals surface area contributed by atoms with Gasteiger partial charge in [0, 0.05) is 38.2 Å². The van der Waals surface area contributed by atoms with Gasteiger partial charge in [0.1, 0.15) is 5.82 Å². The third-order valence-electron chi connectivity index (χ3n) is 4.61. The fourth-order valence-electron chi connectivity index (χ4n) is 3.11. The van der Waals surface area contributed by atoms with Gasteiger partial charge in [0.15, 0.2) is 4.77 Å². The lowest BCUT2D eigenvalue weighted by molar-refractivity contribution is 0.0953. The average Bonchev–Trinajstić information content (AvgIpc) is 3.32. The Morgan fingerprint density at radius 1 is 1.26 bits per heavy atom. The molecule has 0 radical (unpaired) electrons. The fourth-order valence-corrected chi connectivity index (χ4v) is 4.91. The highest BCUT2D eigenvalue weighted by molar-refractivity contribution is 7.89. The van der Waals surface area contributed by atoms with E-state index >= 15 is 0 Å². The van der Waals surface area contributed by atoms with Crippen LogP contribution in [0.1, 0.15) is 35.9 Å². The van der Waals surface area contributed by atoms with Gasteiger partial charge in [0.05, 0.1) is 4.90 Å². The van der Waals surface area contributed by atoms with Crippen molar-refractivity contribution in [2.24, 2.45) is 0 Å². The second kappa shape index (κ2) is 8.32. The molecule has 0 spiro atoms. The number of carbonyl (C=O) groups excluding carboxylic acids is 1. The van der Waals surface area contributed by atoms with Gasteiger partial charge >= 0.3 is 0 Å². The Morgan fingerprint density at radius 2 is 1.93 bits per heavy atom. The molecule has 3 rings (SSSR count). The van der Waals surface area contributed by atoms with Gasteiger partial charge in [-0.2, -0.15) is 9.40 Å². The van der Waals surface area contributed by atoms with Crippen LogP contribution in [0, 0.1) is 4.77 Å². The first-order chi connectivity index (χ1) is 12.9. The van der Waals surface area contributed by atoms with E-state index in [9.17, 15) is 13.2 Å². The Morgan fingerprint density at radius 3 is 2.56 bits per heavy atom. The van der Waals surface area contributed by atoms with Crippen LogP contribution in [0.15, 0.2) is 29.2 Å². The number of nitrogens with one attached hydrogen (secondary N) is 2. The van der Waals surface area contributed by atoms with E-state index in [-0.39, 0.29) is 10.8 Å². The zero-order valence-corrected chi connectivity index (χ0v) is 16.8. The molecule has 0 atom stereocenters. The largest absolute Gasteiger partial charge is 0.352 e. The van der Waals surface area contributed by atoms with E-state index < -0.39 is 10.0 Å². The van der Waals surface area contributed by atoms with Crippen molar-refractivity contribution in [2.45, 2.75) is 37.6 Å². The van der Waals surface area contributed by atoms with Crippen LogP contribution in [0.3, 0.4) is 0 Å². The minimum Gasteiger partial charge on any atom is -0.352 e. The molecular weight excluding hydrogens is 386 g/mol. The fraction of sp³-hybridized carbons (Fsp3) is 0.471. The summed E-state index contributed by atoms with van der Waals surface area (Å²) in [6, 6.07) is 6.07. The molecule has 2 aromatic rings. The topological polar surface area (TPSA) is 100 Å². The van der Waals surface area contributed by atoms with E-state index in [1.807, 2.05) is 11.5 Å². The standard InChI is InChI=1S/C17H23N5O3S2/c1-2-22-15(19-20-17(22)26)9-10-18-16(23)13-5-7-14(8-6-13)27(24,25)21-11-3-4-12-21/h5-8H,2-4,9-12H2,1H3,(H,18,23)(H,20,26). The number of hydrogen-bond donors (Lipinski definition) is 2. The number of carbonyl (C=O) groups is 1. The first-order valence-electron chi connectivity index (χ1n) is 8.96. The Kier molecular flexibility index (Phi) is 6.08. The average molecular weight is 410 g/mol. The van der Waals surface area contributed by atoms with Gasteiger partial charge in [-0.15, -0.1) is 0 Å². The molecule has 8 nitrogen and oxygen atoms in total. The van der Waals surface area contributed by atoms with Gasteiger partial charge in [-0.3, -0.25) is 9.89 Å². The van der Waals surface area contributed by atoms with Crippen molar-refractivity contribution in [3.63, 3.8) is 0 Å². The molecule has 0 aliphatic carbocycles. The van der Waals surface area contributed by atoms with Crippen LogP contribution in [-0.2, 0) is 23.0 Å². The highest BCUT2D eigenvalue weighted by Gasteiger charge is 2.27. The molecule has 1 aliphatic heterocycles. The lowest BCUT2D eigenvalue weighted by Gasteiger charge is -2.15. The van der Waals surface area contributed by atoms with Crippen molar-refractivity contribution in [1.29, 1.82) is 0 Å². The highest BCUT2D eigenvalue weighted by Crippen LogP contribution is 2.21. The molecular formula is C17H23N5O3S2. The normalized spacial score (nSPS) is 15.1. The van der Waals surface area contributed by atoms with Crippen molar-refractivity contribution < 1.29 is 13.2 Å². The summed E-state index contributed by atoms with van der Waals surface area (Å²) in [5.41, 5.74) is 0.421. The second-order valence-corrected chi connectivity index (χ2v) is 8.66. The SMILES string of the molecule is CCn1c(CCNC(=O)c2ccc(S(=O)(=O)N3CCCC3)cc2)n[nH]c1=S. The number of H-pyrrole nitrogens is 1. The number of amides is 1. The van der Waals surface area contributed by atoms with E-state index in [2.05, 4.69) is 15.5 Å². The molecule has 1 fully saturated rings. The molecule has 146 valence electrons. The monoisotopic (exact) mass is 409 g/mol. The van der Waals surface area contributed by atoms with Crippen LogP contribution < -0.4 is 5.32 Å². The van der Waals surface area contributed by atoms with Crippen molar-refractivity contribution in [3.8, 4) is 0 Å². The summed E-state index contributed by atoms with van der Waals surface area (Å²) in [7, 11) is -3.46. The quantitative estimate of drug-likeness (QED) is 0.678. The van der Waals surface area contributed by atoms with Gasteiger partial charge in [-0.1, -0.05) is 0 Å². The minimum absolute atomic E-state index is 0.222. The van der Waals surface area contributed by atoms with E-state index in [4.69, 9.17) is 12.2 Å². The summed E-state index contributed by atoms with van der Waals surface area (Å²) < 4.78 is 28.9. The molecule has 10 heteroatoms. The Bertz CT molecular complexity index is 957. The molecule has 2 heterocycles. The van der Waals surface area contributed by atoms with Crippen molar-refractivity contribution >= 4 is 28.1 Å². The molecule has 2 N–H and O–H groups in total. The third kappa shape index (κ3) is 4.28. The number of aromatic amines is 1. The first-order valence-corrected chi connectivity index (χ1v) is 10.8. The van der Waals surface area contributed by atoms with Gasteiger partial charge in [0.2, 0.25) is 10.0 Å². The Labute approximate surface area is 163 Å². The second-order valence-electron chi connectivity index (χ2n) is 6.33. The summed E-state index contributed by atoms with van der Waals surface area (Å²) in [6.07, 6.45) is 2.33. The molecule has 27 heavy (non-hydrogen) atoms. The molecule has 1 amide bonds. The highest BCUT2D eigenvalue weighted by atomic mass is 32.2. The van der Waals surface area contributed by atoms with E-state index in [1.54, 1.807) is 12.1 Å². The summed E-state index contributed by atoms with van der Waals surface area (Å²) in [5, 5.41) is 9.72. The number of aromatic nitrogens is 3. The Balaban J connectivity index is 1.60. The summed E-state index contributed by atoms with van der Waals surface area (Å²) in [5.74, 6) is 0.534. The predicted molar refractivity (Wildman–Crippen MR) is 104 cm³/mol. The number of nitrogens with zero attached hydrogens (tertiary/aromatic N) is 3. The summed E-state index contributed by atoms with van der Waals surface area (Å²) in [6.45, 7) is 4.21. The van der Waals surface area contributed by atoms with Crippen LogP contribution in [0.5, 0.6) is 0 Å². The lowest BCUT2D eigenvalue weighted by Crippen LogP contribution is -2.28. The number of sulfonamides is 1. The molecule has 0 saturated carbocycles. The number of benzene rings is 1. The van der Waals surface area contributed by atoms with Gasteiger partial charge < -0.3 is 9.88 Å². The smallest absolute Gasteiger partial charge is 0.251 e. The van der Waals surface area contributed by atoms with Gasteiger partial charge in [-0.25, -0.2) is 8.42 Å². The minimum atomic E-state index is -3.46. The predicted octanol–water partition coefficient (Wildman–Crippen LogP) is 1.72. The molecule has 1 saturated heterocycles. The first kappa shape index (κ1) is 19.7. The van der Waals surface area contributed by atoms with Gasteiger partial charge in [-0.05, 0) is 56.2 Å². The zero-order chi connectivity index (χ0) is 19.4. The van der Waals surface area contributed by atoms with Crippen molar-refractivity contribution in [1.82, 2.24) is 24.4 Å². The third-order valence-corrected chi connectivity index (χ3v) is 6.83. The molecule has 0 bridgehead atoms. The molecule has 1 aromatic carbocycles. The van der Waals surface area contributed by atoms with Crippen molar-refractivity contribution in [3.05, 3.63) is 40.4 Å². The summed E-state index contributed by atoms with van der Waals surface area (Å²) in [4.78, 5) is 12.5. The number of rotatable bonds is 7. The van der Waals surface area contributed by atoms with Crippen molar-refractivity contribution in [2.75, 3.05) is 19.6 Å². The van der Waals surface area contributed by atoms with Crippen LogP contribution in [0.2, 0.25) is 0 Å².